The van der Waals surface area contributed by atoms with Gasteiger partial charge < -0.3 is 9.72 Å². The van der Waals surface area contributed by atoms with E-state index in [0.29, 0.717) is 17.1 Å². The van der Waals surface area contributed by atoms with E-state index in [4.69, 9.17) is 4.74 Å². The van der Waals surface area contributed by atoms with E-state index in [9.17, 15) is 8.42 Å². The lowest BCUT2D eigenvalue weighted by Gasteiger charge is -2.08. The number of nitrogens with one attached hydrogen (secondary N) is 1. The number of nitrogens with zero attached hydrogens (tertiary/aromatic N) is 2. The van der Waals surface area contributed by atoms with Gasteiger partial charge in [0.05, 0.1) is 34.8 Å². The number of hydrogen-bond donors (Lipinski definition) is 1. The highest BCUT2D eigenvalue weighted by Crippen LogP contribution is 2.31. The topological polar surface area (TPSA) is 84.9 Å². The minimum Gasteiger partial charge on any atom is -0.496 e. The van der Waals surface area contributed by atoms with Gasteiger partial charge in [-0.05, 0) is 24.3 Å². The molecule has 108 valence electrons. The predicted molar refractivity (Wildman–Crippen MR) is 79.0 cm³/mol. The third kappa shape index (κ3) is 2.47. The smallest absolute Gasteiger partial charge is 0.175 e. The van der Waals surface area contributed by atoms with Crippen LogP contribution in [0.1, 0.15) is 0 Å². The van der Waals surface area contributed by atoms with Gasteiger partial charge in [0.1, 0.15) is 11.6 Å². The second-order valence-electron chi connectivity index (χ2n) is 4.61. The van der Waals surface area contributed by atoms with E-state index in [2.05, 4.69) is 15.0 Å². The summed E-state index contributed by atoms with van der Waals surface area (Å²) in [4.78, 5) is 11.8. The van der Waals surface area contributed by atoms with Crippen molar-refractivity contribution in [3.63, 3.8) is 0 Å². The van der Waals surface area contributed by atoms with Crippen molar-refractivity contribution in [1.82, 2.24) is 15.0 Å². The van der Waals surface area contributed by atoms with Gasteiger partial charge in [0.25, 0.3) is 0 Å². The number of fused-ring (bicyclic) bond motifs is 1. The molecule has 0 bridgehead atoms. The Labute approximate surface area is 121 Å². The molecule has 7 heteroatoms. The van der Waals surface area contributed by atoms with Crippen LogP contribution in [0.5, 0.6) is 5.75 Å². The number of aromatic amines is 1. The van der Waals surface area contributed by atoms with Crippen LogP contribution < -0.4 is 4.74 Å². The van der Waals surface area contributed by atoms with Crippen molar-refractivity contribution in [2.24, 2.45) is 0 Å². The van der Waals surface area contributed by atoms with Gasteiger partial charge in [-0.3, -0.25) is 4.98 Å². The molecule has 0 saturated carbocycles. The quantitative estimate of drug-likeness (QED) is 0.800. The molecule has 0 aliphatic rings. The molecule has 2 aromatic heterocycles. The molecule has 0 radical (unpaired) electrons. The van der Waals surface area contributed by atoms with E-state index in [1.807, 2.05) is 0 Å². The average molecular weight is 303 g/mol. The Morgan fingerprint density at radius 1 is 1.24 bits per heavy atom. The predicted octanol–water partition coefficient (Wildman–Crippen LogP) is 2.04. The van der Waals surface area contributed by atoms with Gasteiger partial charge in [-0.15, -0.1) is 0 Å². The molecule has 0 aliphatic carbocycles. The first kappa shape index (κ1) is 13.6. The maximum atomic E-state index is 11.7. The number of hydrogen-bond acceptors (Lipinski definition) is 5. The summed E-state index contributed by atoms with van der Waals surface area (Å²) < 4.78 is 28.7. The number of pyridine rings is 1. The number of sulfone groups is 1. The molecular formula is C14H13N3O3S. The Morgan fingerprint density at radius 3 is 2.71 bits per heavy atom. The molecule has 3 rings (SSSR count). The van der Waals surface area contributed by atoms with Crippen LogP contribution in [0.2, 0.25) is 0 Å². The second-order valence-corrected chi connectivity index (χ2v) is 6.63. The van der Waals surface area contributed by atoms with Crippen molar-refractivity contribution >= 4 is 20.9 Å². The van der Waals surface area contributed by atoms with E-state index >= 15 is 0 Å². The van der Waals surface area contributed by atoms with Gasteiger partial charge in [0.2, 0.25) is 0 Å². The molecule has 1 aromatic carbocycles. The van der Waals surface area contributed by atoms with E-state index < -0.39 is 9.84 Å². The normalized spacial score (nSPS) is 11.7. The van der Waals surface area contributed by atoms with Crippen LogP contribution >= 0.6 is 0 Å². The minimum absolute atomic E-state index is 0.219. The summed E-state index contributed by atoms with van der Waals surface area (Å²) in [6.07, 6.45) is 4.48. The summed E-state index contributed by atoms with van der Waals surface area (Å²) in [5, 5.41) is 0. The molecule has 21 heavy (non-hydrogen) atoms. The van der Waals surface area contributed by atoms with E-state index in [1.165, 1.54) is 19.4 Å². The number of imidazole rings is 1. The first-order valence-electron chi connectivity index (χ1n) is 6.17. The average Bonchev–Trinajstić information content (AvgIpc) is 2.89. The number of benzene rings is 1. The summed E-state index contributed by atoms with van der Waals surface area (Å²) in [7, 11) is -1.77. The monoisotopic (exact) mass is 303 g/mol. The van der Waals surface area contributed by atoms with E-state index in [-0.39, 0.29) is 4.90 Å². The summed E-state index contributed by atoms with van der Waals surface area (Å²) in [6, 6.07) is 6.47. The van der Waals surface area contributed by atoms with Crippen molar-refractivity contribution in [3.05, 3.63) is 36.7 Å². The van der Waals surface area contributed by atoms with Crippen LogP contribution in [-0.4, -0.2) is 36.7 Å². The molecular weight excluding hydrogens is 290 g/mol. The van der Waals surface area contributed by atoms with Crippen LogP contribution in [0.15, 0.2) is 41.6 Å². The Hall–Kier alpha value is -2.41. The van der Waals surface area contributed by atoms with Crippen molar-refractivity contribution in [3.8, 4) is 17.1 Å². The maximum absolute atomic E-state index is 11.7. The summed E-state index contributed by atoms with van der Waals surface area (Å²) >= 11 is 0. The van der Waals surface area contributed by atoms with Crippen molar-refractivity contribution in [1.29, 1.82) is 0 Å². The highest BCUT2D eigenvalue weighted by Gasteiger charge is 2.15. The third-order valence-corrected chi connectivity index (χ3v) is 4.25. The SMILES string of the molecule is COc1ccc(S(C)(=O)=O)cc1-c1nc2ccncc2[nH]1. The zero-order valence-electron chi connectivity index (χ0n) is 11.5. The molecule has 3 aromatic rings. The summed E-state index contributed by atoms with van der Waals surface area (Å²) in [5.74, 6) is 1.09. The Kier molecular flexibility index (Phi) is 3.13. The second kappa shape index (κ2) is 4.85. The molecule has 6 nitrogen and oxygen atoms in total. The zero-order valence-corrected chi connectivity index (χ0v) is 12.3. The number of aromatic nitrogens is 3. The van der Waals surface area contributed by atoms with Crippen LogP contribution in [0.4, 0.5) is 0 Å². The number of rotatable bonds is 3. The van der Waals surface area contributed by atoms with Gasteiger partial charge >= 0.3 is 0 Å². The Bertz CT molecular complexity index is 883. The first-order valence-corrected chi connectivity index (χ1v) is 8.06. The van der Waals surface area contributed by atoms with Gasteiger partial charge in [-0.25, -0.2) is 13.4 Å². The Morgan fingerprint density at radius 2 is 2.05 bits per heavy atom. The highest BCUT2D eigenvalue weighted by atomic mass is 32.2. The van der Waals surface area contributed by atoms with Crippen LogP contribution in [-0.2, 0) is 9.84 Å². The molecule has 1 N–H and O–H groups in total. The third-order valence-electron chi connectivity index (χ3n) is 3.14. The lowest BCUT2D eigenvalue weighted by atomic mass is 10.2. The zero-order chi connectivity index (χ0) is 15.0. The lowest BCUT2D eigenvalue weighted by molar-refractivity contribution is 0.416. The maximum Gasteiger partial charge on any atom is 0.175 e. The fraction of sp³-hybridized carbons (Fsp3) is 0.143. The number of methoxy groups -OCH3 is 1. The number of ether oxygens (including phenoxy) is 1. The molecule has 0 atom stereocenters. The van der Waals surface area contributed by atoms with E-state index in [0.717, 1.165) is 11.0 Å². The van der Waals surface area contributed by atoms with Gasteiger partial charge in [0.15, 0.2) is 9.84 Å². The van der Waals surface area contributed by atoms with Crippen molar-refractivity contribution in [2.75, 3.05) is 13.4 Å². The summed E-state index contributed by atoms with van der Waals surface area (Å²) in [5.41, 5.74) is 2.13. The molecule has 0 fully saturated rings. The molecule has 0 unspecified atom stereocenters. The molecule has 2 heterocycles. The fourth-order valence-corrected chi connectivity index (χ4v) is 2.73. The standard InChI is InChI=1S/C14H13N3O3S/c1-20-13-4-3-9(21(2,18)19)7-10(13)14-16-11-5-6-15-8-12(11)17-14/h3-8H,1-2H3,(H,16,17). The largest absolute Gasteiger partial charge is 0.496 e. The number of H-pyrrole nitrogens is 1. The summed E-state index contributed by atoms with van der Waals surface area (Å²) in [6.45, 7) is 0. The first-order chi connectivity index (χ1) is 9.99. The van der Waals surface area contributed by atoms with E-state index in [1.54, 1.807) is 30.6 Å². The molecule has 0 saturated heterocycles. The Balaban J connectivity index is 2.24. The minimum atomic E-state index is -3.30. The van der Waals surface area contributed by atoms with Crippen molar-refractivity contribution in [2.45, 2.75) is 4.90 Å². The van der Waals surface area contributed by atoms with Crippen molar-refractivity contribution < 1.29 is 13.2 Å². The van der Waals surface area contributed by atoms with Gasteiger partial charge in [-0.2, -0.15) is 0 Å². The fourth-order valence-electron chi connectivity index (χ4n) is 2.09. The van der Waals surface area contributed by atoms with Crippen LogP contribution in [0, 0.1) is 0 Å². The van der Waals surface area contributed by atoms with Gasteiger partial charge in [0, 0.05) is 12.5 Å². The molecule has 0 aliphatic heterocycles. The lowest BCUT2D eigenvalue weighted by Crippen LogP contribution is -1.99. The van der Waals surface area contributed by atoms with Gasteiger partial charge in [-0.1, -0.05) is 0 Å². The molecule has 0 spiro atoms. The highest BCUT2D eigenvalue weighted by molar-refractivity contribution is 7.90. The molecule has 0 amide bonds. The van der Waals surface area contributed by atoms with Crippen LogP contribution in [0.3, 0.4) is 0 Å². The van der Waals surface area contributed by atoms with Crippen LogP contribution in [0.25, 0.3) is 22.4 Å².